The zero-order chi connectivity index (χ0) is 37.5. The molecule has 10 aromatic carbocycles. The van der Waals surface area contributed by atoms with Crippen LogP contribution in [0, 0.1) is 0 Å². The molecular formula is C56H40. The largest absolute Gasteiger partial charge is 0.0619 e. The fourth-order valence-corrected chi connectivity index (χ4v) is 11.0. The van der Waals surface area contributed by atoms with E-state index in [1.165, 1.54) is 121 Å². The Labute approximate surface area is 327 Å². The fraction of sp³-hybridized carbons (Fsp3) is 0.107. The summed E-state index contributed by atoms with van der Waals surface area (Å²) >= 11 is 0. The Morgan fingerprint density at radius 3 is 1.39 bits per heavy atom. The topological polar surface area (TPSA) is 0 Å². The van der Waals surface area contributed by atoms with E-state index in [1.807, 2.05) is 0 Å². The van der Waals surface area contributed by atoms with Gasteiger partial charge in [0.15, 0.2) is 0 Å². The minimum atomic E-state index is -0.147. The van der Waals surface area contributed by atoms with Crippen LogP contribution in [0.2, 0.25) is 0 Å². The minimum Gasteiger partial charge on any atom is -0.0619 e. The maximum atomic E-state index is 2.50. The Morgan fingerprint density at radius 2 is 0.750 bits per heavy atom. The zero-order valence-corrected chi connectivity index (χ0v) is 32.2. The Balaban J connectivity index is 1.08. The number of hydrogen-bond donors (Lipinski definition) is 0. The normalized spacial score (nSPS) is 14.7. The van der Waals surface area contributed by atoms with Crippen LogP contribution in [0.15, 0.2) is 170 Å². The van der Waals surface area contributed by atoms with Gasteiger partial charge in [-0.3, -0.25) is 0 Å². The van der Waals surface area contributed by atoms with Gasteiger partial charge in [-0.15, -0.1) is 0 Å². The molecule has 264 valence electrons. The third-order valence-electron chi connectivity index (χ3n) is 13.6. The summed E-state index contributed by atoms with van der Waals surface area (Å²) in [6.45, 7) is 9.60. The van der Waals surface area contributed by atoms with E-state index < -0.39 is 0 Å². The average Bonchev–Trinajstić information content (AvgIpc) is 3.61. The van der Waals surface area contributed by atoms with Gasteiger partial charge in [0.2, 0.25) is 0 Å². The van der Waals surface area contributed by atoms with Crippen molar-refractivity contribution < 1.29 is 0 Å². The highest BCUT2D eigenvalue weighted by Crippen LogP contribution is 2.56. The van der Waals surface area contributed by atoms with Gasteiger partial charge in [0.25, 0.3) is 0 Å². The van der Waals surface area contributed by atoms with Crippen LogP contribution < -0.4 is 0 Å². The first kappa shape index (κ1) is 31.8. The van der Waals surface area contributed by atoms with Crippen LogP contribution in [-0.2, 0) is 10.8 Å². The molecule has 12 rings (SSSR count). The summed E-state index contributed by atoms with van der Waals surface area (Å²) < 4.78 is 0. The molecule has 0 nitrogen and oxygen atoms in total. The number of hydrogen-bond acceptors (Lipinski definition) is 0. The van der Waals surface area contributed by atoms with Crippen LogP contribution in [0.4, 0.5) is 0 Å². The van der Waals surface area contributed by atoms with Crippen molar-refractivity contribution in [2.75, 3.05) is 0 Å². The highest BCUT2D eigenvalue weighted by molar-refractivity contribution is 6.22. The molecule has 0 radical (unpaired) electrons. The molecule has 0 aromatic heterocycles. The van der Waals surface area contributed by atoms with Gasteiger partial charge in [-0.25, -0.2) is 0 Å². The van der Waals surface area contributed by atoms with Crippen molar-refractivity contribution in [1.29, 1.82) is 0 Å². The summed E-state index contributed by atoms with van der Waals surface area (Å²) in [5, 5.41) is 13.1. The monoisotopic (exact) mass is 712 g/mol. The van der Waals surface area contributed by atoms with Crippen LogP contribution >= 0.6 is 0 Å². The standard InChI is InChI=1S/C56H40/c1-55(2)48-24-14-13-17-39(48)40-28-27-35(31-49(40)55)52-44-21-10-8-19-42(44)51(43-20-9-11-22-45(43)52)34-26-25-33-30-47-50(32-36(33)29-34)56(3,4)54-46-23-12-6-16-38(46)37-15-5-7-18-41(37)53(47)54/h5-32H,1-4H3. The molecule has 0 atom stereocenters. The molecule has 0 N–H and O–H groups in total. The van der Waals surface area contributed by atoms with Gasteiger partial charge in [-0.05, 0) is 145 Å². The number of benzene rings is 10. The van der Waals surface area contributed by atoms with Crippen LogP contribution in [0.1, 0.15) is 49.9 Å². The van der Waals surface area contributed by atoms with Crippen molar-refractivity contribution in [3.63, 3.8) is 0 Å². The molecule has 0 bridgehead atoms. The summed E-state index contributed by atoms with van der Waals surface area (Å²) in [5.74, 6) is 0. The van der Waals surface area contributed by atoms with E-state index in [2.05, 4.69) is 198 Å². The maximum Gasteiger partial charge on any atom is 0.0165 e. The van der Waals surface area contributed by atoms with Gasteiger partial charge in [0.1, 0.15) is 0 Å². The molecule has 0 heterocycles. The van der Waals surface area contributed by atoms with Crippen molar-refractivity contribution in [1.82, 2.24) is 0 Å². The predicted octanol–water partition coefficient (Wildman–Crippen LogP) is 15.4. The van der Waals surface area contributed by atoms with Crippen LogP contribution in [-0.4, -0.2) is 0 Å². The van der Waals surface area contributed by atoms with E-state index >= 15 is 0 Å². The molecular weight excluding hydrogens is 673 g/mol. The van der Waals surface area contributed by atoms with E-state index in [0.717, 1.165) is 0 Å². The minimum absolute atomic E-state index is 0.0606. The van der Waals surface area contributed by atoms with Gasteiger partial charge in [0.05, 0.1) is 0 Å². The van der Waals surface area contributed by atoms with E-state index in [-0.39, 0.29) is 10.8 Å². The average molecular weight is 713 g/mol. The second kappa shape index (κ2) is 11.1. The van der Waals surface area contributed by atoms with Gasteiger partial charge in [-0.2, -0.15) is 0 Å². The van der Waals surface area contributed by atoms with E-state index in [9.17, 15) is 0 Å². The van der Waals surface area contributed by atoms with Crippen LogP contribution in [0.5, 0.6) is 0 Å². The summed E-state index contributed by atoms with van der Waals surface area (Å²) in [5.41, 5.74) is 16.1. The van der Waals surface area contributed by atoms with E-state index in [1.54, 1.807) is 0 Å². The molecule has 0 fully saturated rings. The highest BCUT2D eigenvalue weighted by atomic mass is 14.4. The Kier molecular flexibility index (Phi) is 6.28. The van der Waals surface area contributed by atoms with Gasteiger partial charge in [0, 0.05) is 10.8 Å². The second-order valence-electron chi connectivity index (χ2n) is 17.2. The summed E-state index contributed by atoms with van der Waals surface area (Å²) in [6.07, 6.45) is 0. The first-order valence-corrected chi connectivity index (χ1v) is 20.0. The highest BCUT2D eigenvalue weighted by Gasteiger charge is 2.39. The number of fused-ring (bicyclic) bond motifs is 14. The molecule has 0 aliphatic heterocycles. The molecule has 0 amide bonds. The molecule has 0 saturated heterocycles. The fourth-order valence-electron chi connectivity index (χ4n) is 11.0. The Morgan fingerprint density at radius 1 is 0.286 bits per heavy atom. The quantitative estimate of drug-likeness (QED) is 0.124. The van der Waals surface area contributed by atoms with Gasteiger partial charge < -0.3 is 0 Å². The summed E-state index contributed by atoms with van der Waals surface area (Å²) in [4.78, 5) is 0. The van der Waals surface area contributed by atoms with Gasteiger partial charge in [-0.1, -0.05) is 173 Å². The number of rotatable bonds is 2. The van der Waals surface area contributed by atoms with Gasteiger partial charge >= 0.3 is 0 Å². The molecule has 10 aromatic rings. The zero-order valence-electron chi connectivity index (χ0n) is 32.2. The lowest BCUT2D eigenvalue weighted by Gasteiger charge is -2.24. The molecule has 56 heavy (non-hydrogen) atoms. The summed E-state index contributed by atoms with van der Waals surface area (Å²) in [7, 11) is 0. The lowest BCUT2D eigenvalue weighted by atomic mass is 9.79. The Bertz CT molecular complexity index is 3300. The molecule has 2 aliphatic rings. The SMILES string of the molecule is CC1(C)c2ccccc2-c2ccc(-c3c4ccccc4c(-c4ccc5cc6c(cc5c4)C(C)(C)c4c-6c5ccccc5c5ccccc45)c4ccccc34)cc21. The molecule has 0 unspecified atom stereocenters. The second-order valence-corrected chi connectivity index (χ2v) is 17.2. The van der Waals surface area contributed by atoms with Crippen molar-refractivity contribution in [2.24, 2.45) is 0 Å². The maximum absolute atomic E-state index is 2.50. The first-order chi connectivity index (χ1) is 27.3. The Hall–Kier alpha value is -6.50. The van der Waals surface area contributed by atoms with Crippen molar-refractivity contribution in [3.8, 4) is 44.5 Å². The van der Waals surface area contributed by atoms with E-state index in [0.29, 0.717) is 0 Å². The summed E-state index contributed by atoms with van der Waals surface area (Å²) in [6, 6.07) is 64.4. The molecule has 2 aliphatic carbocycles. The molecule has 0 saturated carbocycles. The van der Waals surface area contributed by atoms with Crippen LogP contribution in [0.25, 0.3) is 98.4 Å². The molecule has 0 heteroatoms. The lowest BCUT2D eigenvalue weighted by Crippen LogP contribution is -2.15. The van der Waals surface area contributed by atoms with Crippen LogP contribution in [0.3, 0.4) is 0 Å². The third-order valence-corrected chi connectivity index (χ3v) is 13.6. The first-order valence-electron chi connectivity index (χ1n) is 20.0. The third kappa shape index (κ3) is 4.09. The van der Waals surface area contributed by atoms with E-state index in [4.69, 9.17) is 0 Å². The lowest BCUT2D eigenvalue weighted by molar-refractivity contribution is 0.660. The smallest absolute Gasteiger partial charge is 0.0165 e. The van der Waals surface area contributed by atoms with Crippen molar-refractivity contribution in [2.45, 2.75) is 38.5 Å². The van der Waals surface area contributed by atoms with Crippen molar-refractivity contribution >= 4 is 53.9 Å². The van der Waals surface area contributed by atoms with Crippen molar-refractivity contribution in [3.05, 3.63) is 192 Å². The molecule has 0 spiro atoms. The predicted molar refractivity (Wildman–Crippen MR) is 240 cm³/mol.